The lowest BCUT2D eigenvalue weighted by atomic mass is 9.60. The Labute approximate surface area is 98.7 Å². The van der Waals surface area contributed by atoms with Crippen molar-refractivity contribution >= 4 is 0 Å². The van der Waals surface area contributed by atoms with Crippen molar-refractivity contribution in [3.8, 4) is 6.07 Å². The zero-order valence-corrected chi connectivity index (χ0v) is 10.5. The lowest BCUT2D eigenvalue weighted by molar-refractivity contribution is -0.105. The van der Waals surface area contributed by atoms with E-state index in [9.17, 15) is 10.4 Å². The highest BCUT2D eigenvalue weighted by Gasteiger charge is 2.54. The molecule has 1 N–H and O–H groups in total. The van der Waals surface area contributed by atoms with Gasteiger partial charge in [-0.2, -0.15) is 5.26 Å². The Hall–Kier alpha value is -0.550. The van der Waals surface area contributed by atoms with Gasteiger partial charge >= 0.3 is 0 Å². The number of nitriles is 1. The Morgan fingerprint density at radius 3 is 2.06 bits per heavy atom. The van der Waals surface area contributed by atoms with Crippen molar-refractivity contribution in [3.63, 3.8) is 0 Å². The van der Waals surface area contributed by atoms with E-state index < -0.39 is 11.0 Å². The Kier molecular flexibility index (Phi) is 3.01. The van der Waals surface area contributed by atoms with Gasteiger partial charge in [-0.1, -0.05) is 26.7 Å². The summed E-state index contributed by atoms with van der Waals surface area (Å²) >= 11 is 0. The second-order valence-electron chi connectivity index (χ2n) is 6.29. The van der Waals surface area contributed by atoms with Crippen LogP contribution in [0.5, 0.6) is 0 Å². The van der Waals surface area contributed by atoms with Crippen LogP contribution in [0.4, 0.5) is 0 Å². The van der Waals surface area contributed by atoms with E-state index in [0.717, 1.165) is 38.5 Å². The van der Waals surface area contributed by atoms with E-state index in [-0.39, 0.29) is 0 Å². The molecule has 0 heterocycles. The third kappa shape index (κ3) is 1.76. The van der Waals surface area contributed by atoms with Gasteiger partial charge in [0.25, 0.3) is 0 Å². The molecule has 16 heavy (non-hydrogen) atoms. The van der Waals surface area contributed by atoms with Crippen LogP contribution in [0.15, 0.2) is 0 Å². The average molecular weight is 221 g/mol. The molecule has 0 aromatic heterocycles. The Morgan fingerprint density at radius 1 is 1.12 bits per heavy atom. The summed E-state index contributed by atoms with van der Waals surface area (Å²) in [6.45, 7) is 4.42. The lowest BCUT2D eigenvalue weighted by Crippen LogP contribution is -2.50. The molecule has 2 saturated carbocycles. The van der Waals surface area contributed by atoms with Crippen LogP contribution in [0.1, 0.15) is 58.8 Å². The van der Waals surface area contributed by atoms with Crippen molar-refractivity contribution in [1.29, 1.82) is 5.26 Å². The van der Waals surface area contributed by atoms with Crippen LogP contribution in [0, 0.1) is 28.6 Å². The molecule has 0 amide bonds. The minimum Gasteiger partial charge on any atom is -0.388 e. The summed E-state index contributed by atoms with van der Waals surface area (Å²) in [5, 5.41) is 20.4. The summed E-state index contributed by atoms with van der Waals surface area (Å²) in [7, 11) is 0. The van der Waals surface area contributed by atoms with E-state index >= 15 is 0 Å². The number of nitrogens with zero attached hydrogens (tertiary/aromatic N) is 1. The SMILES string of the molecule is CC1CC(C)CC(O)(C2(C#N)CCCC2)C1. The van der Waals surface area contributed by atoms with Crippen LogP contribution < -0.4 is 0 Å². The molecule has 2 fully saturated rings. The van der Waals surface area contributed by atoms with Crippen LogP contribution in [-0.4, -0.2) is 10.7 Å². The van der Waals surface area contributed by atoms with Crippen molar-refractivity contribution in [2.75, 3.05) is 0 Å². The topological polar surface area (TPSA) is 44.0 Å². The van der Waals surface area contributed by atoms with Gasteiger partial charge in [-0.25, -0.2) is 0 Å². The van der Waals surface area contributed by atoms with Crippen molar-refractivity contribution in [3.05, 3.63) is 0 Å². The van der Waals surface area contributed by atoms with Gasteiger partial charge in [0.15, 0.2) is 0 Å². The minimum absolute atomic E-state index is 0.435. The summed E-state index contributed by atoms with van der Waals surface area (Å²) in [6, 6.07) is 2.48. The standard InChI is InChI=1S/C14H23NO/c1-11-7-12(2)9-14(16,8-11)13(10-15)5-3-4-6-13/h11-12,16H,3-9H2,1-2H3. The molecule has 2 aliphatic carbocycles. The molecule has 0 bridgehead atoms. The molecule has 0 aromatic rings. The van der Waals surface area contributed by atoms with Gasteiger partial charge in [0.05, 0.1) is 17.1 Å². The lowest BCUT2D eigenvalue weighted by Gasteiger charge is -2.47. The van der Waals surface area contributed by atoms with Crippen LogP contribution in [-0.2, 0) is 0 Å². The van der Waals surface area contributed by atoms with Gasteiger partial charge in [0, 0.05) is 0 Å². The average Bonchev–Trinajstić information content (AvgIpc) is 2.64. The maximum Gasteiger partial charge on any atom is 0.0860 e. The number of hydrogen-bond donors (Lipinski definition) is 1. The monoisotopic (exact) mass is 221 g/mol. The highest BCUT2D eigenvalue weighted by molar-refractivity contribution is 5.15. The summed E-state index contributed by atoms with van der Waals surface area (Å²) in [5.41, 5.74) is -1.15. The normalized spacial score (nSPS) is 42.9. The smallest absolute Gasteiger partial charge is 0.0860 e. The third-order valence-corrected chi connectivity index (χ3v) is 4.74. The molecule has 0 aliphatic heterocycles. The molecule has 2 aliphatic rings. The Morgan fingerprint density at radius 2 is 1.62 bits per heavy atom. The van der Waals surface area contributed by atoms with Crippen molar-refractivity contribution < 1.29 is 5.11 Å². The summed E-state index contributed by atoms with van der Waals surface area (Å²) < 4.78 is 0. The fourth-order valence-electron chi connectivity index (χ4n) is 4.14. The Balaban J connectivity index is 2.26. The maximum absolute atomic E-state index is 10.9. The molecule has 0 spiro atoms. The minimum atomic E-state index is -0.713. The number of aliphatic hydroxyl groups is 1. The molecule has 90 valence electrons. The number of rotatable bonds is 1. The Bertz CT molecular complexity index is 288. The largest absolute Gasteiger partial charge is 0.388 e. The molecule has 2 rings (SSSR count). The molecule has 2 atom stereocenters. The summed E-state index contributed by atoms with van der Waals surface area (Å²) in [6.07, 6.45) is 6.87. The second-order valence-corrected chi connectivity index (χ2v) is 6.29. The fourth-order valence-corrected chi connectivity index (χ4v) is 4.14. The highest BCUT2D eigenvalue weighted by atomic mass is 16.3. The first kappa shape index (κ1) is 11.9. The van der Waals surface area contributed by atoms with Crippen molar-refractivity contribution in [2.45, 2.75) is 64.4 Å². The molecule has 0 saturated heterocycles. The number of hydrogen-bond acceptors (Lipinski definition) is 2. The molecule has 2 nitrogen and oxygen atoms in total. The van der Waals surface area contributed by atoms with Gasteiger partial charge < -0.3 is 5.11 Å². The zero-order valence-electron chi connectivity index (χ0n) is 10.5. The first-order valence-corrected chi connectivity index (χ1v) is 6.65. The van der Waals surface area contributed by atoms with E-state index in [0.29, 0.717) is 11.8 Å². The highest BCUT2D eigenvalue weighted by Crippen LogP contribution is 2.53. The van der Waals surface area contributed by atoms with E-state index in [2.05, 4.69) is 19.9 Å². The first-order valence-electron chi connectivity index (χ1n) is 6.65. The van der Waals surface area contributed by atoms with Gasteiger partial charge in [0.2, 0.25) is 0 Å². The second kappa shape index (κ2) is 4.04. The van der Waals surface area contributed by atoms with E-state index in [1.807, 2.05) is 0 Å². The summed E-state index contributed by atoms with van der Waals surface area (Å²) in [5.74, 6) is 1.11. The molecular weight excluding hydrogens is 198 g/mol. The zero-order chi connectivity index (χ0) is 11.8. The van der Waals surface area contributed by atoms with E-state index in [4.69, 9.17) is 0 Å². The van der Waals surface area contributed by atoms with Gasteiger partial charge in [-0.3, -0.25) is 0 Å². The predicted molar refractivity (Wildman–Crippen MR) is 63.6 cm³/mol. The van der Waals surface area contributed by atoms with E-state index in [1.165, 1.54) is 6.42 Å². The van der Waals surface area contributed by atoms with Crippen LogP contribution in [0.2, 0.25) is 0 Å². The fraction of sp³-hybridized carbons (Fsp3) is 0.929. The van der Waals surface area contributed by atoms with Gasteiger partial charge in [-0.05, 0) is 43.9 Å². The summed E-state index contributed by atoms with van der Waals surface area (Å²) in [4.78, 5) is 0. The third-order valence-electron chi connectivity index (χ3n) is 4.74. The molecule has 2 unspecified atom stereocenters. The van der Waals surface area contributed by atoms with Crippen molar-refractivity contribution in [2.24, 2.45) is 17.3 Å². The van der Waals surface area contributed by atoms with Gasteiger partial charge in [-0.15, -0.1) is 0 Å². The van der Waals surface area contributed by atoms with Crippen LogP contribution in [0.25, 0.3) is 0 Å². The van der Waals surface area contributed by atoms with Crippen molar-refractivity contribution in [1.82, 2.24) is 0 Å². The first-order chi connectivity index (χ1) is 7.51. The predicted octanol–water partition coefficient (Wildman–Crippen LogP) is 3.26. The quantitative estimate of drug-likeness (QED) is 0.738. The van der Waals surface area contributed by atoms with Gasteiger partial charge in [0.1, 0.15) is 0 Å². The molecule has 0 aromatic carbocycles. The van der Waals surface area contributed by atoms with E-state index in [1.54, 1.807) is 0 Å². The molecule has 2 heteroatoms. The molecular formula is C14H23NO. The van der Waals surface area contributed by atoms with Crippen LogP contribution >= 0.6 is 0 Å². The molecule has 0 radical (unpaired) electrons. The van der Waals surface area contributed by atoms with Crippen LogP contribution in [0.3, 0.4) is 0 Å². The maximum atomic E-state index is 10.9.